The van der Waals surface area contributed by atoms with Gasteiger partial charge in [0.1, 0.15) is 17.3 Å². The average molecular weight is 430 g/mol. The predicted octanol–water partition coefficient (Wildman–Crippen LogP) is 3.14. The summed E-state index contributed by atoms with van der Waals surface area (Å²) in [4.78, 5) is 25.6. The molecule has 3 atom stereocenters. The summed E-state index contributed by atoms with van der Waals surface area (Å²) in [5, 5.41) is 8.45. The molecule has 32 heavy (non-hydrogen) atoms. The zero-order valence-electron chi connectivity index (χ0n) is 17.7. The van der Waals surface area contributed by atoms with Crippen molar-refractivity contribution >= 4 is 16.9 Å². The highest BCUT2D eigenvalue weighted by Gasteiger charge is 2.55. The molecular formula is C23H22N6O3. The normalized spacial score (nSPS) is 21.6. The Bertz CT molecular complexity index is 1310. The van der Waals surface area contributed by atoms with Gasteiger partial charge in [-0.1, -0.05) is 0 Å². The highest BCUT2D eigenvalue weighted by atomic mass is 16.5. The first kappa shape index (κ1) is 18.9. The van der Waals surface area contributed by atoms with E-state index in [9.17, 15) is 4.79 Å². The van der Waals surface area contributed by atoms with E-state index in [-0.39, 0.29) is 18.0 Å². The van der Waals surface area contributed by atoms with E-state index in [1.54, 1.807) is 32.7 Å². The van der Waals surface area contributed by atoms with Crippen molar-refractivity contribution in [2.45, 2.75) is 24.9 Å². The Morgan fingerprint density at radius 2 is 1.78 bits per heavy atom. The molecule has 9 heteroatoms. The minimum atomic E-state index is -0.116. The highest BCUT2D eigenvalue weighted by molar-refractivity contribution is 5.99. The van der Waals surface area contributed by atoms with E-state index < -0.39 is 0 Å². The third-order valence-electron chi connectivity index (χ3n) is 6.43. The molecule has 1 aliphatic heterocycles. The second kappa shape index (κ2) is 7.08. The topological polar surface area (TPSA) is 98.2 Å². The summed E-state index contributed by atoms with van der Waals surface area (Å²) >= 11 is 0. The third-order valence-corrected chi connectivity index (χ3v) is 6.43. The average Bonchev–Trinajstić information content (AvgIpc) is 3.23. The number of nitrogens with zero attached hydrogens (tertiary/aromatic N) is 5. The van der Waals surface area contributed by atoms with E-state index in [2.05, 4.69) is 15.2 Å². The summed E-state index contributed by atoms with van der Waals surface area (Å²) in [7, 11) is 3.23. The molecule has 0 radical (unpaired) electrons. The molecule has 0 spiro atoms. The van der Waals surface area contributed by atoms with Crippen molar-refractivity contribution in [3.05, 3.63) is 60.2 Å². The molecule has 2 fully saturated rings. The Morgan fingerprint density at radius 3 is 2.56 bits per heavy atom. The molecule has 1 N–H and O–H groups in total. The number of hydrogen-bond acceptors (Lipinski definition) is 6. The van der Waals surface area contributed by atoms with Crippen LogP contribution in [0, 0.1) is 5.92 Å². The van der Waals surface area contributed by atoms with Crippen molar-refractivity contribution in [3.63, 3.8) is 0 Å². The van der Waals surface area contributed by atoms with Gasteiger partial charge >= 0.3 is 0 Å². The Morgan fingerprint density at radius 1 is 1.03 bits per heavy atom. The Balaban J connectivity index is 1.40. The fourth-order valence-electron chi connectivity index (χ4n) is 4.75. The molecule has 2 aromatic carbocycles. The van der Waals surface area contributed by atoms with E-state index >= 15 is 0 Å². The van der Waals surface area contributed by atoms with Crippen LogP contribution in [0.4, 0.5) is 0 Å². The van der Waals surface area contributed by atoms with E-state index in [1.807, 2.05) is 35.2 Å². The van der Waals surface area contributed by atoms with Crippen LogP contribution in [0.25, 0.3) is 16.7 Å². The van der Waals surface area contributed by atoms with E-state index in [1.165, 1.54) is 4.80 Å². The number of carbonyl (C=O) groups is 1. The number of rotatable bonds is 5. The molecule has 1 aliphatic carbocycles. The number of nitrogens with one attached hydrogen (secondary N) is 1. The molecular weight excluding hydrogens is 408 g/mol. The predicted molar refractivity (Wildman–Crippen MR) is 116 cm³/mol. The number of benzene rings is 2. The largest absolute Gasteiger partial charge is 0.497 e. The minimum absolute atomic E-state index is 0.0655. The number of amides is 1. The van der Waals surface area contributed by atoms with Crippen molar-refractivity contribution in [3.8, 4) is 17.2 Å². The summed E-state index contributed by atoms with van der Waals surface area (Å²) in [5.41, 5.74) is 2.89. The van der Waals surface area contributed by atoms with Crippen LogP contribution < -0.4 is 9.47 Å². The number of ether oxygens (including phenoxy) is 2. The summed E-state index contributed by atoms with van der Waals surface area (Å²) < 4.78 is 10.7. The van der Waals surface area contributed by atoms with Gasteiger partial charge in [-0.3, -0.25) is 4.79 Å². The zero-order valence-corrected chi connectivity index (χ0v) is 17.7. The number of hydrogen-bond donors (Lipinski definition) is 1. The maximum atomic E-state index is 13.9. The molecule has 6 rings (SSSR count). The standard InChI is InChI=1S/C23H22N6O3/c1-31-14-4-6-19(29-24-7-8-25-29)16(11-14)23(30)28-20-9-13(20)10-21(28)22-26-17-5-3-15(32-2)12-18(17)27-22/h3-8,11-13,20-21H,9-10H2,1-2H3,(H,26,27). The van der Waals surface area contributed by atoms with E-state index in [0.29, 0.717) is 22.9 Å². The number of methoxy groups -OCH3 is 2. The van der Waals surface area contributed by atoms with Crippen molar-refractivity contribution in [2.24, 2.45) is 5.92 Å². The van der Waals surface area contributed by atoms with Gasteiger partial charge in [0.05, 0.1) is 54.9 Å². The van der Waals surface area contributed by atoms with Crippen LogP contribution in [0.5, 0.6) is 11.5 Å². The van der Waals surface area contributed by atoms with Gasteiger partial charge in [0.25, 0.3) is 5.91 Å². The Labute approximate surface area is 184 Å². The lowest BCUT2D eigenvalue weighted by atomic mass is 10.1. The number of carbonyl (C=O) groups excluding carboxylic acids is 1. The number of imidazole rings is 1. The lowest BCUT2D eigenvalue weighted by Crippen LogP contribution is -2.35. The molecule has 162 valence electrons. The molecule has 3 unspecified atom stereocenters. The van der Waals surface area contributed by atoms with Crippen LogP contribution in [0.2, 0.25) is 0 Å². The van der Waals surface area contributed by atoms with Gasteiger partial charge in [-0.05, 0) is 49.1 Å². The lowest BCUT2D eigenvalue weighted by Gasteiger charge is -2.27. The van der Waals surface area contributed by atoms with Crippen LogP contribution >= 0.6 is 0 Å². The van der Waals surface area contributed by atoms with Crippen LogP contribution in [0.3, 0.4) is 0 Å². The Kier molecular flexibility index (Phi) is 4.17. The van der Waals surface area contributed by atoms with Gasteiger partial charge in [-0.2, -0.15) is 15.0 Å². The Hall–Kier alpha value is -3.88. The van der Waals surface area contributed by atoms with Crippen molar-refractivity contribution in [1.82, 2.24) is 29.9 Å². The third kappa shape index (κ3) is 2.92. The molecule has 2 aromatic heterocycles. The maximum absolute atomic E-state index is 13.9. The van der Waals surface area contributed by atoms with E-state index in [4.69, 9.17) is 14.5 Å². The second-order valence-corrected chi connectivity index (χ2v) is 8.23. The van der Waals surface area contributed by atoms with Crippen LogP contribution in [0.1, 0.15) is 35.1 Å². The summed E-state index contributed by atoms with van der Waals surface area (Å²) in [6, 6.07) is 11.3. The fraction of sp³-hybridized carbons (Fsp3) is 0.304. The number of fused-ring (bicyclic) bond motifs is 2. The summed E-state index contributed by atoms with van der Waals surface area (Å²) in [6.07, 6.45) is 5.11. The smallest absolute Gasteiger partial charge is 0.257 e. The van der Waals surface area contributed by atoms with Gasteiger partial charge in [0, 0.05) is 12.1 Å². The molecule has 2 aliphatic rings. The summed E-state index contributed by atoms with van der Waals surface area (Å²) in [5.74, 6) is 2.61. The maximum Gasteiger partial charge on any atom is 0.257 e. The van der Waals surface area contributed by atoms with Crippen LogP contribution in [-0.2, 0) is 0 Å². The fourth-order valence-corrected chi connectivity index (χ4v) is 4.75. The quantitative estimate of drug-likeness (QED) is 0.522. The van der Waals surface area contributed by atoms with Crippen LogP contribution in [0.15, 0.2) is 48.8 Å². The number of piperidine rings is 1. The SMILES string of the molecule is COc1ccc(-n2nccn2)c(C(=O)N2C(c3nc4cc(OC)ccc4[nH]3)CC3CC32)c1. The van der Waals surface area contributed by atoms with Gasteiger partial charge < -0.3 is 19.4 Å². The zero-order chi connectivity index (χ0) is 21.8. The van der Waals surface area contributed by atoms with Gasteiger partial charge in [-0.15, -0.1) is 0 Å². The molecule has 3 heterocycles. The molecule has 9 nitrogen and oxygen atoms in total. The lowest BCUT2D eigenvalue weighted by molar-refractivity contribution is 0.0692. The first-order valence-corrected chi connectivity index (χ1v) is 10.6. The number of likely N-dealkylation sites (tertiary alicyclic amines) is 1. The molecule has 1 saturated carbocycles. The van der Waals surface area contributed by atoms with Gasteiger partial charge in [-0.25, -0.2) is 4.98 Å². The van der Waals surface area contributed by atoms with Crippen LogP contribution in [-0.4, -0.2) is 56.0 Å². The highest BCUT2D eigenvalue weighted by Crippen LogP contribution is 2.53. The van der Waals surface area contributed by atoms with Crippen molar-refractivity contribution in [2.75, 3.05) is 14.2 Å². The number of aromatic amines is 1. The monoisotopic (exact) mass is 430 g/mol. The minimum Gasteiger partial charge on any atom is -0.497 e. The van der Waals surface area contributed by atoms with E-state index in [0.717, 1.165) is 35.4 Å². The second-order valence-electron chi connectivity index (χ2n) is 8.23. The van der Waals surface area contributed by atoms with Crippen molar-refractivity contribution in [1.29, 1.82) is 0 Å². The van der Waals surface area contributed by atoms with Gasteiger partial charge in [0.15, 0.2) is 0 Å². The summed E-state index contributed by atoms with van der Waals surface area (Å²) in [6.45, 7) is 0. The number of H-pyrrole nitrogens is 1. The number of aromatic nitrogens is 5. The molecule has 1 amide bonds. The van der Waals surface area contributed by atoms with Crippen molar-refractivity contribution < 1.29 is 14.3 Å². The molecule has 4 aromatic rings. The molecule has 1 saturated heterocycles. The molecule has 0 bridgehead atoms. The first-order valence-electron chi connectivity index (χ1n) is 10.6. The van der Waals surface area contributed by atoms with Gasteiger partial charge in [0.2, 0.25) is 0 Å². The first-order chi connectivity index (χ1) is 15.7.